The van der Waals surface area contributed by atoms with Gasteiger partial charge in [-0.3, -0.25) is 9.78 Å². The molecular weight excluding hydrogens is 382 g/mol. The summed E-state index contributed by atoms with van der Waals surface area (Å²) in [4.78, 5) is 29.1. The number of allylic oxidation sites excluding steroid dienone is 1. The number of hydrogen-bond acceptors (Lipinski definition) is 6. The van der Waals surface area contributed by atoms with E-state index in [1.807, 2.05) is 31.2 Å². The van der Waals surface area contributed by atoms with E-state index in [0.29, 0.717) is 40.5 Å². The number of Topliss-reactive ketones (excluding diaryl/α,β-unsaturated/α-hetero) is 1. The third-order valence-electron chi connectivity index (χ3n) is 4.56. The number of nitrogens with zero attached hydrogens (tertiary/aromatic N) is 1. The van der Waals surface area contributed by atoms with Crippen LogP contribution in [0.25, 0.3) is 6.08 Å². The Morgan fingerprint density at radius 1 is 1.17 bits per heavy atom. The molecule has 0 radical (unpaired) electrons. The fourth-order valence-corrected chi connectivity index (χ4v) is 3.21. The van der Waals surface area contributed by atoms with Gasteiger partial charge in [-0.2, -0.15) is 0 Å². The first-order valence-electron chi connectivity index (χ1n) is 9.49. The highest BCUT2D eigenvalue weighted by atomic mass is 16.5. The van der Waals surface area contributed by atoms with E-state index in [0.717, 1.165) is 5.56 Å². The van der Waals surface area contributed by atoms with Gasteiger partial charge in [-0.05, 0) is 49.8 Å². The number of fused-ring (bicyclic) bond motifs is 1. The van der Waals surface area contributed by atoms with Crippen molar-refractivity contribution in [2.24, 2.45) is 0 Å². The van der Waals surface area contributed by atoms with E-state index < -0.39 is 5.97 Å². The number of rotatable bonds is 5. The molecule has 6 heteroatoms. The first-order valence-corrected chi connectivity index (χ1v) is 9.49. The van der Waals surface area contributed by atoms with Crippen LogP contribution in [0.1, 0.15) is 38.8 Å². The van der Waals surface area contributed by atoms with Crippen molar-refractivity contribution in [1.82, 2.24) is 4.98 Å². The lowest BCUT2D eigenvalue weighted by Crippen LogP contribution is -2.09. The second-order valence-corrected chi connectivity index (χ2v) is 6.66. The highest BCUT2D eigenvalue weighted by Crippen LogP contribution is 2.38. The zero-order valence-electron chi connectivity index (χ0n) is 16.5. The van der Waals surface area contributed by atoms with Crippen molar-refractivity contribution >= 4 is 17.8 Å². The molecule has 0 saturated heterocycles. The Morgan fingerprint density at radius 3 is 2.77 bits per heavy atom. The Hall–Kier alpha value is -3.93. The number of aromatic nitrogens is 1. The molecule has 2 aromatic carbocycles. The van der Waals surface area contributed by atoms with Gasteiger partial charge in [-0.15, -0.1) is 0 Å². The lowest BCUT2D eigenvalue weighted by atomic mass is 10.0. The van der Waals surface area contributed by atoms with Crippen molar-refractivity contribution in [2.45, 2.75) is 13.8 Å². The molecule has 1 aromatic heterocycles. The molecule has 0 spiro atoms. The van der Waals surface area contributed by atoms with E-state index in [1.54, 1.807) is 43.5 Å². The van der Waals surface area contributed by atoms with Gasteiger partial charge in [0.25, 0.3) is 0 Å². The van der Waals surface area contributed by atoms with Gasteiger partial charge in [0.2, 0.25) is 5.78 Å². The Bertz CT molecular complexity index is 1150. The molecule has 3 aromatic rings. The summed E-state index contributed by atoms with van der Waals surface area (Å²) in [6.45, 7) is 4.19. The first kappa shape index (κ1) is 19.4. The zero-order valence-corrected chi connectivity index (χ0v) is 16.5. The third kappa shape index (κ3) is 3.80. The Balaban J connectivity index is 1.62. The molecule has 30 heavy (non-hydrogen) atoms. The number of carbonyl (C=O) groups is 2. The zero-order chi connectivity index (χ0) is 21.1. The number of carbonyl (C=O) groups excluding carboxylic acids is 2. The topological polar surface area (TPSA) is 74.7 Å². The Labute approximate surface area is 173 Å². The number of para-hydroxylation sites is 1. The maximum atomic E-state index is 12.9. The van der Waals surface area contributed by atoms with E-state index in [4.69, 9.17) is 14.2 Å². The van der Waals surface area contributed by atoms with Gasteiger partial charge in [0.1, 0.15) is 17.2 Å². The van der Waals surface area contributed by atoms with Crippen LogP contribution in [0.5, 0.6) is 17.2 Å². The van der Waals surface area contributed by atoms with Gasteiger partial charge in [0, 0.05) is 24.0 Å². The second-order valence-electron chi connectivity index (χ2n) is 6.66. The lowest BCUT2D eigenvalue weighted by Gasteiger charge is -2.08. The SMILES string of the molecule is CCOc1ccccc1/C=C1\Oc2cc(OC(=O)c3cccnc3)cc(C)c2C1=O. The molecular formula is C24H19NO5. The van der Waals surface area contributed by atoms with Gasteiger partial charge >= 0.3 is 5.97 Å². The number of hydrogen-bond donors (Lipinski definition) is 0. The molecule has 0 bridgehead atoms. The molecule has 0 unspecified atom stereocenters. The summed E-state index contributed by atoms with van der Waals surface area (Å²) < 4.78 is 16.9. The fourth-order valence-electron chi connectivity index (χ4n) is 3.21. The molecule has 6 nitrogen and oxygen atoms in total. The normalized spacial score (nSPS) is 13.7. The Morgan fingerprint density at radius 2 is 2.00 bits per heavy atom. The maximum absolute atomic E-state index is 12.9. The third-order valence-corrected chi connectivity index (χ3v) is 4.56. The smallest absolute Gasteiger partial charge is 0.345 e. The van der Waals surface area contributed by atoms with Crippen LogP contribution in [0.4, 0.5) is 0 Å². The minimum Gasteiger partial charge on any atom is -0.493 e. The van der Waals surface area contributed by atoms with Gasteiger partial charge in [0.15, 0.2) is 5.76 Å². The van der Waals surface area contributed by atoms with Crippen molar-refractivity contribution in [2.75, 3.05) is 6.61 Å². The number of ketones is 1. The Kier molecular flexibility index (Phi) is 5.30. The number of pyridine rings is 1. The molecule has 2 heterocycles. The lowest BCUT2D eigenvalue weighted by molar-refractivity contribution is 0.0734. The largest absolute Gasteiger partial charge is 0.493 e. The van der Waals surface area contributed by atoms with Crippen LogP contribution >= 0.6 is 0 Å². The minimum absolute atomic E-state index is 0.191. The van der Waals surface area contributed by atoms with Crippen LogP contribution in [0.15, 0.2) is 66.7 Å². The van der Waals surface area contributed by atoms with E-state index >= 15 is 0 Å². The summed E-state index contributed by atoms with van der Waals surface area (Å²) in [5, 5.41) is 0. The van der Waals surface area contributed by atoms with Crippen LogP contribution in [-0.2, 0) is 0 Å². The van der Waals surface area contributed by atoms with Crippen LogP contribution in [0, 0.1) is 6.92 Å². The second kappa shape index (κ2) is 8.21. The van der Waals surface area contributed by atoms with E-state index in [-0.39, 0.29) is 11.5 Å². The standard InChI is InChI=1S/C24H19NO5/c1-3-28-19-9-5-4-7-16(19)12-21-23(26)22-15(2)11-18(13-20(22)30-21)29-24(27)17-8-6-10-25-14-17/h4-14H,3H2,1-2H3/b21-12-. The summed E-state index contributed by atoms with van der Waals surface area (Å²) >= 11 is 0. The highest BCUT2D eigenvalue weighted by Gasteiger charge is 2.30. The molecule has 0 saturated carbocycles. The van der Waals surface area contributed by atoms with Crippen LogP contribution in [-0.4, -0.2) is 23.3 Å². The van der Waals surface area contributed by atoms with Crippen molar-refractivity contribution in [3.05, 3.63) is 88.9 Å². The van der Waals surface area contributed by atoms with Crippen molar-refractivity contribution in [3.8, 4) is 17.2 Å². The molecule has 1 aliphatic rings. The quantitative estimate of drug-likeness (QED) is 0.353. The summed E-state index contributed by atoms with van der Waals surface area (Å²) in [7, 11) is 0. The van der Waals surface area contributed by atoms with Crippen molar-refractivity contribution in [1.29, 1.82) is 0 Å². The summed E-state index contributed by atoms with van der Waals surface area (Å²) in [5.74, 6) is 0.753. The number of aryl methyl sites for hydroxylation is 1. The van der Waals surface area contributed by atoms with E-state index in [9.17, 15) is 9.59 Å². The summed E-state index contributed by atoms with van der Waals surface area (Å²) in [6.07, 6.45) is 4.67. The predicted octanol–water partition coefficient (Wildman–Crippen LogP) is 4.62. The van der Waals surface area contributed by atoms with Crippen LogP contribution < -0.4 is 14.2 Å². The van der Waals surface area contributed by atoms with Gasteiger partial charge < -0.3 is 14.2 Å². The van der Waals surface area contributed by atoms with Crippen LogP contribution in [0.2, 0.25) is 0 Å². The molecule has 0 atom stereocenters. The number of esters is 1. The van der Waals surface area contributed by atoms with Gasteiger partial charge in [0.05, 0.1) is 17.7 Å². The average molecular weight is 401 g/mol. The van der Waals surface area contributed by atoms with E-state index in [1.165, 1.54) is 6.20 Å². The molecule has 0 fully saturated rings. The number of ether oxygens (including phenoxy) is 3. The monoisotopic (exact) mass is 401 g/mol. The predicted molar refractivity (Wildman–Crippen MR) is 111 cm³/mol. The summed E-state index contributed by atoms with van der Waals surface area (Å²) in [5.41, 5.74) is 2.20. The van der Waals surface area contributed by atoms with Gasteiger partial charge in [-0.25, -0.2) is 4.79 Å². The van der Waals surface area contributed by atoms with Gasteiger partial charge in [-0.1, -0.05) is 18.2 Å². The average Bonchev–Trinajstić information content (AvgIpc) is 3.06. The maximum Gasteiger partial charge on any atom is 0.345 e. The number of benzene rings is 2. The molecule has 1 aliphatic heterocycles. The highest BCUT2D eigenvalue weighted by molar-refractivity contribution is 6.15. The summed E-state index contributed by atoms with van der Waals surface area (Å²) in [6, 6.07) is 13.9. The fraction of sp³-hybridized carbons (Fsp3) is 0.125. The minimum atomic E-state index is -0.534. The molecule has 0 amide bonds. The molecule has 4 rings (SSSR count). The first-order chi connectivity index (χ1) is 14.6. The van der Waals surface area contributed by atoms with Crippen molar-refractivity contribution < 1.29 is 23.8 Å². The molecule has 0 aliphatic carbocycles. The molecule has 0 N–H and O–H groups in total. The molecule has 150 valence electrons. The van der Waals surface area contributed by atoms with Crippen molar-refractivity contribution in [3.63, 3.8) is 0 Å². The van der Waals surface area contributed by atoms with Crippen LogP contribution in [0.3, 0.4) is 0 Å². The van der Waals surface area contributed by atoms with E-state index in [2.05, 4.69) is 4.98 Å².